The summed E-state index contributed by atoms with van der Waals surface area (Å²) in [6.07, 6.45) is 0. The van der Waals surface area contributed by atoms with Gasteiger partial charge in [0.1, 0.15) is 0 Å². The van der Waals surface area contributed by atoms with Crippen LogP contribution >= 0.6 is 11.6 Å². The van der Waals surface area contributed by atoms with E-state index in [2.05, 4.69) is 5.32 Å². The number of hydrogen-bond donors (Lipinski definition) is 1. The van der Waals surface area contributed by atoms with E-state index in [1.54, 1.807) is 0 Å². The summed E-state index contributed by atoms with van der Waals surface area (Å²) in [5.41, 5.74) is 2.74. The lowest BCUT2D eigenvalue weighted by Crippen LogP contribution is -2.32. The van der Waals surface area contributed by atoms with Gasteiger partial charge in [-0.05, 0) is 35.1 Å². The summed E-state index contributed by atoms with van der Waals surface area (Å²) in [4.78, 5) is 14.9. The molecule has 4 heteroatoms. The smallest absolute Gasteiger partial charge is 0.255 e. The maximum atomic E-state index is 12.9. The molecule has 0 aliphatic carbocycles. The molecule has 2 aromatic carbocycles. The fourth-order valence-electron chi connectivity index (χ4n) is 3.69. The van der Waals surface area contributed by atoms with Crippen LogP contribution < -0.4 is 5.32 Å². The lowest BCUT2D eigenvalue weighted by atomic mass is 10.0. The van der Waals surface area contributed by atoms with Crippen LogP contribution in [-0.2, 0) is 0 Å². The van der Waals surface area contributed by atoms with Crippen LogP contribution in [0.2, 0.25) is 5.02 Å². The lowest BCUT2D eigenvalue weighted by molar-refractivity contribution is 0.0782. The van der Waals surface area contributed by atoms with Crippen molar-refractivity contribution in [1.82, 2.24) is 10.2 Å². The molecular formula is C19H19ClN2O. The number of nitrogens with one attached hydrogen (secondary N) is 1. The number of halogens is 1. The van der Waals surface area contributed by atoms with Crippen LogP contribution in [0.4, 0.5) is 0 Å². The van der Waals surface area contributed by atoms with E-state index in [4.69, 9.17) is 11.6 Å². The zero-order valence-electron chi connectivity index (χ0n) is 12.8. The van der Waals surface area contributed by atoms with Gasteiger partial charge in [-0.3, -0.25) is 4.79 Å². The molecule has 2 aliphatic rings. The first-order valence-electron chi connectivity index (χ1n) is 8.07. The van der Waals surface area contributed by atoms with Gasteiger partial charge >= 0.3 is 0 Å². The maximum Gasteiger partial charge on any atom is 0.255 e. The van der Waals surface area contributed by atoms with Crippen molar-refractivity contribution >= 4 is 17.5 Å². The SMILES string of the molecule is O=C(c1cc(-c2ccccc2)ccc1Cl)N1C[C@H]2CNC[C@H]2C1. The molecular weight excluding hydrogens is 308 g/mol. The average molecular weight is 327 g/mol. The average Bonchev–Trinajstić information content (AvgIpc) is 3.17. The Morgan fingerprint density at radius 1 is 1.00 bits per heavy atom. The number of rotatable bonds is 2. The Balaban J connectivity index is 1.62. The lowest BCUT2D eigenvalue weighted by Gasteiger charge is -2.19. The molecule has 0 radical (unpaired) electrons. The maximum absolute atomic E-state index is 12.9. The molecule has 1 N–H and O–H groups in total. The number of carbonyl (C=O) groups is 1. The Labute approximate surface area is 141 Å². The zero-order chi connectivity index (χ0) is 15.8. The Morgan fingerprint density at radius 2 is 1.70 bits per heavy atom. The molecule has 118 valence electrons. The first kappa shape index (κ1) is 14.7. The van der Waals surface area contributed by atoms with Gasteiger partial charge in [-0.2, -0.15) is 0 Å². The van der Waals surface area contributed by atoms with Gasteiger partial charge in [-0.1, -0.05) is 48.0 Å². The van der Waals surface area contributed by atoms with Gasteiger partial charge < -0.3 is 10.2 Å². The monoisotopic (exact) mass is 326 g/mol. The first-order chi connectivity index (χ1) is 11.2. The zero-order valence-corrected chi connectivity index (χ0v) is 13.6. The van der Waals surface area contributed by atoms with E-state index < -0.39 is 0 Å². The molecule has 1 amide bonds. The highest BCUT2D eigenvalue weighted by atomic mass is 35.5. The van der Waals surface area contributed by atoms with E-state index in [0.717, 1.165) is 37.3 Å². The first-order valence-corrected chi connectivity index (χ1v) is 8.45. The second kappa shape index (κ2) is 5.99. The summed E-state index contributed by atoms with van der Waals surface area (Å²) in [7, 11) is 0. The highest BCUT2D eigenvalue weighted by Gasteiger charge is 2.38. The summed E-state index contributed by atoms with van der Waals surface area (Å²) in [6, 6.07) is 15.8. The Kier molecular flexibility index (Phi) is 3.83. The molecule has 0 spiro atoms. The van der Waals surface area contributed by atoms with Crippen LogP contribution in [0.5, 0.6) is 0 Å². The molecule has 2 fully saturated rings. The minimum absolute atomic E-state index is 0.0576. The predicted octanol–water partition coefficient (Wildman–Crippen LogP) is 3.30. The largest absolute Gasteiger partial charge is 0.338 e. The molecule has 2 heterocycles. The number of amides is 1. The van der Waals surface area contributed by atoms with Crippen LogP contribution in [-0.4, -0.2) is 37.0 Å². The molecule has 0 unspecified atom stereocenters. The number of carbonyl (C=O) groups excluding carboxylic acids is 1. The highest BCUT2D eigenvalue weighted by Crippen LogP contribution is 2.30. The van der Waals surface area contributed by atoms with Crippen molar-refractivity contribution in [1.29, 1.82) is 0 Å². The van der Waals surface area contributed by atoms with Crippen LogP contribution in [0.1, 0.15) is 10.4 Å². The van der Waals surface area contributed by atoms with E-state index in [0.29, 0.717) is 22.4 Å². The molecule has 0 saturated carbocycles. The molecule has 2 aliphatic heterocycles. The molecule has 2 saturated heterocycles. The van der Waals surface area contributed by atoms with Crippen LogP contribution in [0.15, 0.2) is 48.5 Å². The van der Waals surface area contributed by atoms with E-state index >= 15 is 0 Å². The summed E-state index contributed by atoms with van der Waals surface area (Å²) in [5, 5.41) is 3.93. The molecule has 4 rings (SSSR count). The van der Waals surface area contributed by atoms with Crippen molar-refractivity contribution in [2.24, 2.45) is 11.8 Å². The molecule has 2 atom stereocenters. The third kappa shape index (κ3) is 2.75. The van der Waals surface area contributed by atoms with Gasteiger partial charge in [-0.25, -0.2) is 0 Å². The number of likely N-dealkylation sites (tertiary alicyclic amines) is 1. The van der Waals surface area contributed by atoms with Crippen molar-refractivity contribution in [2.75, 3.05) is 26.2 Å². The topological polar surface area (TPSA) is 32.3 Å². The Morgan fingerprint density at radius 3 is 2.39 bits per heavy atom. The number of benzene rings is 2. The molecule has 23 heavy (non-hydrogen) atoms. The minimum Gasteiger partial charge on any atom is -0.338 e. The van der Waals surface area contributed by atoms with Crippen LogP contribution in [0, 0.1) is 11.8 Å². The minimum atomic E-state index is 0.0576. The standard InChI is InChI=1S/C19H19ClN2O/c20-18-7-6-14(13-4-2-1-3-5-13)8-17(18)19(23)22-11-15-9-21-10-16(15)12-22/h1-8,15-16,21H,9-12H2/t15-,16+. The van der Waals surface area contributed by atoms with E-state index in [1.165, 1.54) is 0 Å². The van der Waals surface area contributed by atoms with Crippen molar-refractivity contribution in [3.63, 3.8) is 0 Å². The van der Waals surface area contributed by atoms with Gasteiger partial charge in [0.05, 0.1) is 10.6 Å². The summed E-state index contributed by atoms with van der Waals surface area (Å²) >= 11 is 6.32. The number of hydrogen-bond acceptors (Lipinski definition) is 2. The quantitative estimate of drug-likeness (QED) is 0.918. The van der Waals surface area contributed by atoms with Gasteiger partial charge in [0.25, 0.3) is 5.91 Å². The highest BCUT2D eigenvalue weighted by molar-refractivity contribution is 6.34. The Bertz CT molecular complexity index is 719. The van der Waals surface area contributed by atoms with Gasteiger partial charge in [0, 0.05) is 26.2 Å². The molecule has 0 bridgehead atoms. The predicted molar refractivity (Wildman–Crippen MR) is 92.6 cm³/mol. The summed E-state index contributed by atoms with van der Waals surface area (Å²) < 4.78 is 0. The third-order valence-electron chi connectivity index (χ3n) is 4.98. The fourth-order valence-corrected chi connectivity index (χ4v) is 3.89. The molecule has 2 aromatic rings. The van der Waals surface area contributed by atoms with Crippen molar-refractivity contribution in [3.05, 3.63) is 59.1 Å². The third-order valence-corrected chi connectivity index (χ3v) is 5.31. The van der Waals surface area contributed by atoms with Crippen molar-refractivity contribution in [2.45, 2.75) is 0 Å². The fraction of sp³-hybridized carbons (Fsp3) is 0.316. The van der Waals surface area contributed by atoms with E-state index in [9.17, 15) is 4.79 Å². The Hall–Kier alpha value is -1.84. The second-order valence-electron chi connectivity index (χ2n) is 6.45. The van der Waals surface area contributed by atoms with Gasteiger partial charge in [-0.15, -0.1) is 0 Å². The summed E-state index contributed by atoms with van der Waals surface area (Å²) in [5.74, 6) is 1.24. The van der Waals surface area contributed by atoms with Crippen molar-refractivity contribution < 1.29 is 4.79 Å². The van der Waals surface area contributed by atoms with Gasteiger partial charge in [0.15, 0.2) is 0 Å². The van der Waals surface area contributed by atoms with Crippen LogP contribution in [0.25, 0.3) is 11.1 Å². The number of fused-ring (bicyclic) bond motifs is 1. The normalized spacial score (nSPS) is 23.1. The van der Waals surface area contributed by atoms with Crippen LogP contribution in [0.3, 0.4) is 0 Å². The number of nitrogens with zero attached hydrogens (tertiary/aromatic N) is 1. The van der Waals surface area contributed by atoms with Crippen molar-refractivity contribution in [3.8, 4) is 11.1 Å². The van der Waals surface area contributed by atoms with E-state index in [1.807, 2.05) is 53.4 Å². The van der Waals surface area contributed by atoms with Gasteiger partial charge in [0.2, 0.25) is 0 Å². The molecule has 0 aromatic heterocycles. The van der Waals surface area contributed by atoms with E-state index in [-0.39, 0.29) is 5.91 Å². The second-order valence-corrected chi connectivity index (χ2v) is 6.86. The molecule has 3 nitrogen and oxygen atoms in total. The summed E-state index contributed by atoms with van der Waals surface area (Å²) in [6.45, 7) is 3.71.